The van der Waals surface area contributed by atoms with Crippen molar-refractivity contribution in [3.05, 3.63) is 0 Å². The number of hydrogen-bond donors (Lipinski definition) is 1. The maximum Gasteiger partial charge on any atom is 0.281 e. The van der Waals surface area contributed by atoms with E-state index in [0.29, 0.717) is 25.7 Å². The Morgan fingerprint density at radius 2 is 2.00 bits per heavy atom. The minimum atomic E-state index is -3.30. The van der Waals surface area contributed by atoms with E-state index in [0.717, 1.165) is 32.5 Å². The van der Waals surface area contributed by atoms with Gasteiger partial charge in [-0.25, -0.2) is 0 Å². The summed E-state index contributed by atoms with van der Waals surface area (Å²) in [5, 5.41) is 3.24. The van der Waals surface area contributed by atoms with E-state index in [1.807, 2.05) is 0 Å². The maximum atomic E-state index is 12.5. The Kier molecular flexibility index (Phi) is 5.19. The molecule has 2 aliphatic heterocycles. The molecule has 6 nitrogen and oxygen atoms in total. The van der Waals surface area contributed by atoms with Crippen molar-refractivity contribution in [3.63, 3.8) is 0 Å². The monoisotopic (exact) mass is 290 g/mol. The van der Waals surface area contributed by atoms with Gasteiger partial charge in [0.25, 0.3) is 10.2 Å². The highest BCUT2D eigenvalue weighted by Crippen LogP contribution is 2.18. The molecule has 0 spiro atoms. The molecule has 19 heavy (non-hydrogen) atoms. The fraction of sp³-hybridized carbons (Fsp3) is 1.00. The highest BCUT2D eigenvalue weighted by atomic mass is 32.2. The van der Waals surface area contributed by atoms with Crippen LogP contribution in [0.2, 0.25) is 0 Å². The summed E-state index contributed by atoms with van der Waals surface area (Å²) in [6.07, 6.45) is 3.15. The van der Waals surface area contributed by atoms with Gasteiger partial charge in [-0.2, -0.15) is 17.0 Å². The van der Waals surface area contributed by atoms with E-state index in [1.54, 1.807) is 11.4 Å². The molecule has 1 atom stereocenters. The quantitative estimate of drug-likeness (QED) is 0.762. The smallest absolute Gasteiger partial charge is 0.281 e. The molecule has 0 radical (unpaired) electrons. The van der Waals surface area contributed by atoms with Crippen LogP contribution in [-0.4, -0.2) is 81.3 Å². The summed E-state index contributed by atoms with van der Waals surface area (Å²) < 4.78 is 28.2. The van der Waals surface area contributed by atoms with E-state index < -0.39 is 10.2 Å². The second-order valence-electron chi connectivity index (χ2n) is 5.57. The molecule has 2 saturated heterocycles. The van der Waals surface area contributed by atoms with Crippen LogP contribution in [0.4, 0.5) is 0 Å². The molecule has 2 fully saturated rings. The summed E-state index contributed by atoms with van der Waals surface area (Å²) in [6, 6.07) is 0.366. The van der Waals surface area contributed by atoms with Gasteiger partial charge in [0.1, 0.15) is 0 Å². The van der Waals surface area contributed by atoms with Gasteiger partial charge in [-0.1, -0.05) is 0 Å². The van der Waals surface area contributed by atoms with E-state index in [9.17, 15) is 8.42 Å². The molecule has 2 aliphatic rings. The maximum absolute atomic E-state index is 12.5. The molecule has 1 N–H and O–H groups in total. The number of likely N-dealkylation sites (N-methyl/N-ethyl adjacent to an activating group) is 2. The van der Waals surface area contributed by atoms with E-state index >= 15 is 0 Å². The van der Waals surface area contributed by atoms with Gasteiger partial charge in [0.15, 0.2) is 0 Å². The first kappa shape index (κ1) is 15.2. The molecule has 2 rings (SSSR count). The molecule has 0 aromatic carbocycles. The predicted octanol–water partition coefficient (Wildman–Crippen LogP) is -0.447. The lowest BCUT2D eigenvalue weighted by molar-refractivity contribution is 0.261. The highest BCUT2D eigenvalue weighted by Gasteiger charge is 2.31. The van der Waals surface area contributed by atoms with Gasteiger partial charge in [0.05, 0.1) is 0 Å². The molecule has 1 unspecified atom stereocenters. The Morgan fingerprint density at radius 3 is 2.68 bits per heavy atom. The number of likely N-dealkylation sites (tertiary alicyclic amines) is 1. The minimum absolute atomic E-state index is 0.366. The lowest BCUT2D eigenvalue weighted by Gasteiger charge is -2.29. The van der Waals surface area contributed by atoms with Crippen molar-refractivity contribution in [2.45, 2.75) is 25.3 Å². The van der Waals surface area contributed by atoms with Crippen LogP contribution < -0.4 is 5.32 Å². The third-order valence-electron chi connectivity index (χ3n) is 4.16. The average molecular weight is 290 g/mol. The normalized spacial score (nSPS) is 27.8. The fourth-order valence-corrected chi connectivity index (χ4v) is 4.29. The summed E-state index contributed by atoms with van der Waals surface area (Å²) in [7, 11) is 0.489. The Bertz CT molecular complexity index is 379. The van der Waals surface area contributed by atoms with E-state index in [1.165, 1.54) is 10.7 Å². The second-order valence-corrected chi connectivity index (χ2v) is 7.60. The SMILES string of the molecule is CN1CCCC1CN(C)S(=O)(=O)N1CCCNCC1. The van der Waals surface area contributed by atoms with Crippen molar-refractivity contribution in [2.75, 3.05) is 53.4 Å². The largest absolute Gasteiger partial charge is 0.315 e. The fourth-order valence-electron chi connectivity index (χ4n) is 2.85. The van der Waals surface area contributed by atoms with Crippen molar-refractivity contribution < 1.29 is 8.42 Å². The Labute approximate surface area is 116 Å². The van der Waals surface area contributed by atoms with Gasteiger partial charge in [-0.15, -0.1) is 0 Å². The highest BCUT2D eigenvalue weighted by molar-refractivity contribution is 7.86. The summed E-state index contributed by atoms with van der Waals surface area (Å²) in [4.78, 5) is 2.26. The molecule has 7 heteroatoms. The molecular weight excluding hydrogens is 264 g/mol. The Hall–Kier alpha value is -0.210. The van der Waals surface area contributed by atoms with Crippen LogP contribution in [0, 0.1) is 0 Å². The van der Waals surface area contributed by atoms with Crippen LogP contribution in [0.1, 0.15) is 19.3 Å². The topological polar surface area (TPSA) is 55.9 Å². The Morgan fingerprint density at radius 1 is 1.21 bits per heavy atom. The molecule has 0 amide bonds. The summed E-state index contributed by atoms with van der Waals surface area (Å²) >= 11 is 0. The zero-order valence-corrected chi connectivity index (χ0v) is 12.8. The minimum Gasteiger partial charge on any atom is -0.315 e. The van der Waals surface area contributed by atoms with Gasteiger partial charge in [-0.3, -0.25) is 0 Å². The third kappa shape index (κ3) is 3.66. The van der Waals surface area contributed by atoms with Gasteiger partial charge in [-0.05, 0) is 39.4 Å². The van der Waals surface area contributed by atoms with Gasteiger partial charge >= 0.3 is 0 Å². The van der Waals surface area contributed by atoms with E-state index in [4.69, 9.17) is 0 Å². The van der Waals surface area contributed by atoms with E-state index in [-0.39, 0.29) is 0 Å². The number of nitrogens with zero attached hydrogens (tertiary/aromatic N) is 3. The number of rotatable bonds is 4. The molecule has 0 bridgehead atoms. The number of hydrogen-bond acceptors (Lipinski definition) is 4. The molecular formula is C12H26N4O2S. The van der Waals surface area contributed by atoms with Crippen molar-refractivity contribution in [3.8, 4) is 0 Å². The van der Waals surface area contributed by atoms with Crippen molar-refractivity contribution >= 4 is 10.2 Å². The molecule has 0 saturated carbocycles. The zero-order valence-electron chi connectivity index (χ0n) is 12.0. The second kappa shape index (κ2) is 6.49. The van der Waals surface area contributed by atoms with Crippen LogP contribution >= 0.6 is 0 Å². The first-order valence-corrected chi connectivity index (χ1v) is 8.54. The number of nitrogens with one attached hydrogen (secondary N) is 1. The van der Waals surface area contributed by atoms with Crippen molar-refractivity contribution in [2.24, 2.45) is 0 Å². The van der Waals surface area contributed by atoms with Crippen LogP contribution in [0.5, 0.6) is 0 Å². The first-order valence-electron chi connectivity index (χ1n) is 7.14. The lowest BCUT2D eigenvalue weighted by Crippen LogP contribution is -2.47. The summed E-state index contributed by atoms with van der Waals surface area (Å²) in [6.45, 7) is 4.53. The lowest BCUT2D eigenvalue weighted by atomic mass is 10.2. The predicted molar refractivity (Wildman–Crippen MR) is 76.3 cm³/mol. The van der Waals surface area contributed by atoms with Crippen LogP contribution in [0.15, 0.2) is 0 Å². The Balaban J connectivity index is 1.97. The molecule has 112 valence electrons. The van der Waals surface area contributed by atoms with Gasteiger partial charge < -0.3 is 10.2 Å². The van der Waals surface area contributed by atoms with Crippen LogP contribution in [0.3, 0.4) is 0 Å². The molecule has 2 heterocycles. The molecule has 0 aliphatic carbocycles. The van der Waals surface area contributed by atoms with E-state index in [2.05, 4.69) is 17.3 Å². The average Bonchev–Trinajstić information content (AvgIpc) is 2.64. The van der Waals surface area contributed by atoms with Crippen molar-refractivity contribution in [1.82, 2.24) is 18.8 Å². The van der Waals surface area contributed by atoms with Crippen molar-refractivity contribution in [1.29, 1.82) is 0 Å². The molecule has 0 aromatic rings. The summed E-state index contributed by atoms with van der Waals surface area (Å²) in [5.74, 6) is 0. The zero-order chi connectivity index (χ0) is 13.9. The van der Waals surface area contributed by atoms with Crippen LogP contribution in [-0.2, 0) is 10.2 Å². The summed E-state index contributed by atoms with van der Waals surface area (Å²) in [5.41, 5.74) is 0. The standard InChI is InChI=1S/C12H26N4O2S/c1-14-8-3-5-12(14)11-15(2)19(17,18)16-9-4-6-13-7-10-16/h12-13H,3-11H2,1-2H3. The van der Waals surface area contributed by atoms with Gasteiger partial charge in [0.2, 0.25) is 0 Å². The van der Waals surface area contributed by atoms with Crippen LogP contribution in [0.25, 0.3) is 0 Å². The third-order valence-corrected chi connectivity index (χ3v) is 6.11. The first-order chi connectivity index (χ1) is 9.01. The van der Waals surface area contributed by atoms with Gasteiger partial charge in [0, 0.05) is 39.3 Å². The molecule has 0 aromatic heterocycles.